The summed E-state index contributed by atoms with van der Waals surface area (Å²) in [4.78, 5) is 37.5. The number of aliphatic hydroxyl groups excluding tert-OH is 2. The Balaban J connectivity index is 1.98. The van der Waals surface area contributed by atoms with Crippen LogP contribution in [0.25, 0.3) is 0 Å². The molecule has 0 fully saturated rings. The van der Waals surface area contributed by atoms with Crippen LogP contribution in [0.5, 0.6) is 0 Å². The predicted molar refractivity (Wildman–Crippen MR) is 108 cm³/mol. The van der Waals surface area contributed by atoms with Gasteiger partial charge in [0.05, 0.1) is 18.4 Å². The summed E-state index contributed by atoms with van der Waals surface area (Å²) in [6.07, 6.45) is 13.2. The third-order valence-electron chi connectivity index (χ3n) is 4.98. The van der Waals surface area contributed by atoms with Crippen LogP contribution in [0.1, 0.15) is 20.3 Å². The predicted octanol–water partition coefficient (Wildman–Crippen LogP) is 2.47. The van der Waals surface area contributed by atoms with Gasteiger partial charge < -0.3 is 19.7 Å². The lowest BCUT2D eigenvalue weighted by molar-refractivity contribution is -0.152. The summed E-state index contributed by atoms with van der Waals surface area (Å²) in [5.41, 5.74) is -0.831. The molecule has 0 aromatic rings. The van der Waals surface area contributed by atoms with Crippen molar-refractivity contribution in [1.29, 1.82) is 0 Å². The molecule has 0 aromatic heterocycles. The minimum atomic E-state index is -1.62. The smallest absolute Gasteiger partial charge is 0.343 e. The molecule has 0 aromatic carbocycles. The van der Waals surface area contributed by atoms with Gasteiger partial charge in [0.25, 0.3) is 0 Å². The van der Waals surface area contributed by atoms with Crippen LogP contribution in [0.15, 0.2) is 82.9 Å². The molecule has 30 heavy (non-hydrogen) atoms. The Morgan fingerprint density at radius 3 is 2.70 bits per heavy atom. The number of hydrogen-bond acceptors (Lipinski definition) is 7. The number of carbonyl (C=O) groups is 3. The zero-order chi connectivity index (χ0) is 21.9. The highest BCUT2D eigenvalue weighted by Crippen LogP contribution is 2.45. The molecular formula is C23H22O7. The molecule has 0 radical (unpaired) electrons. The van der Waals surface area contributed by atoms with E-state index >= 15 is 0 Å². The largest absolute Gasteiger partial charge is 0.507 e. The zero-order valence-electron chi connectivity index (χ0n) is 16.6. The third kappa shape index (κ3) is 3.84. The van der Waals surface area contributed by atoms with Gasteiger partial charge in [-0.1, -0.05) is 30.4 Å². The van der Waals surface area contributed by atoms with Crippen LogP contribution in [0.3, 0.4) is 0 Å². The first-order valence-corrected chi connectivity index (χ1v) is 9.43. The van der Waals surface area contributed by atoms with E-state index in [0.717, 1.165) is 6.08 Å². The fourth-order valence-corrected chi connectivity index (χ4v) is 3.42. The molecule has 0 bridgehead atoms. The number of hydrogen-bond donors (Lipinski definition) is 2. The van der Waals surface area contributed by atoms with Crippen molar-refractivity contribution >= 4 is 17.5 Å². The molecule has 0 saturated carbocycles. The number of esters is 1. The number of rotatable bonds is 6. The van der Waals surface area contributed by atoms with Gasteiger partial charge in [-0.25, -0.2) is 4.79 Å². The van der Waals surface area contributed by atoms with Crippen molar-refractivity contribution < 1.29 is 34.1 Å². The minimum absolute atomic E-state index is 0.182. The molecule has 2 aliphatic heterocycles. The highest BCUT2D eigenvalue weighted by Gasteiger charge is 2.54. The molecule has 0 amide bonds. The van der Waals surface area contributed by atoms with E-state index in [1.54, 1.807) is 24.3 Å². The molecule has 0 saturated heterocycles. The molecule has 2 unspecified atom stereocenters. The lowest BCUT2D eigenvalue weighted by Crippen LogP contribution is -2.43. The lowest BCUT2D eigenvalue weighted by Gasteiger charge is -2.33. The first-order valence-electron chi connectivity index (χ1n) is 9.43. The van der Waals surface area contributed by atoms with Crippen molar-refractivity contribution in [2.45, 2.75) is 32.0 Å². The Bertz CT molecular complexity index is 1000. The SMILES string of the molecule is CC=CC=CC=CC(=O)C=C(O)C1=C2C=C3CC(CO)OC=C3C(=O)C2(C)OC1=O. The quantitative estimate of drug-likeness (QED) is 0.300. The van der Waals surface area contributed by atoms with E-state index in [9.17, 15) is 24.6 Å². The Labute approximate surface area is 173 Å². The lowest BCUT2D eigenvalue weighted by atomic mass is 9.76. The van der Waals surface area contributed by atoms with Crippen molar-refractivity contribution in [2.75, 3.05) is 6.61 Å². The number of Topliss-reactive ketones (excluding diaryl/α,β-unsaturated/α-hetero) is 1. The van der Waals surface area contributed by atoms with Gasteiger partial charge in [-0.05, 0) is 31.6 Å². The summed E-state index contributed by atoms with van der Waals surface area (Å²) in [7, 11) is 0. The molecule has 2 atom stereocenters. The van der Waals surface area contributed by atoms with Gasteiger partial charge in [0.1, 0.15) is 17.4 Å². The minimum Gasteiger partial charge on any atom is -0.507 e. The monoisotopic (exact) mass is 410 g/mol. The van der Waals surface area contributed by atoms with E-state index in [0.29, 0.717) is 5.57 Å². The number of aliphatic hydroxyl groups is 2. The standard InChI is InChI=1S/C23H22O7/c1-3-4-5-6-7-8-15(25)11-19(26)20-18-10-14-9-16(12-24)29-13-17(14)21(27)23(18,2)30-22(20)28/h3-8,10-11,13,16,24,26H,9,12H2,1-2H3. The van der Waals surface area contributed by atoms with Crippen molar-refractivity contribution in [2.24, 2.45) is 0 Å². The Hall–Kier alpha value is -3.45. The van der Waals surface area contributed by atoms with Crippen LogP contribution in [0.2, 0.25) is 0 Å². The van der Waals surface area contributed by atoms with Gasteiger partial charge in [0.2, 0.25) is 5.78 Å². The number of allylic oxidation sites excluding steroid dienone is 7. The molecule has 0 spiro atoms. The molecule has 7 heteroatoms. The van der Waals surface area contributed by atoms with Crippen molar-refractivity contribution in [3.63, 3.8) is 0 Å². The molecule has 3 rings (SSSR count). The Kier molecular flexibility index (Phi) is 6.03. The fourth-order valence-electron chi connectivity index (χ4n) is 3.42. The van der Waals surface area contributed by atoms with Crippen LogP contribution >= 0.6 is 0 Å². The maximum absolute atomic E-state index is 13.0. The second kappa shape index (κ2) is 8.51. The summed E-state index contributed by atoms with van der Waals surface area (Å²) < 4.78 is 10.6. The molecule has 2 heterocycles. The van der Waals surface area contributed by atoms with E-state index in [-0.39, 0.29) is 29.7 Å². The van der Waals surface area contributed by atoms with Crippen molar-refractivity contribution in [3.05, 3.63) is 82.9 Å². The van der Waals surface area contributed by atoms with Crippen LogP contribution in [0, 0.1) is 0 Å². The van der Waals surface area contributed by atoms with Gasteiger partial charge in [-0.3, -0.25) is 9.59 Å². The number of carbonyl (C=O) groups excluding carboxylic acids is 3. The summed E-state index contributed by atoms with van der Waals surface area (Å²) in [5.74, 6) is -2.49. The molecule has 3 aliphatic rings. The summed E-state index contributed by atoms with van der Waals surface area (Å²) in [6, 6.07) is 0. The topological polar surface area (TPSA) is 110 Å². The third-order valence-corrected chi connectivity index (χ3v) is 4.98. The zero-order valence-corrected chi connectivity index (χ0v) is 16.6. The van der Waals surface area contributed by atoms with Crippen LogP contribution in [0.4, 0.5) is 0 Å². The maximum atomic E-state index is 13.0. The number of ketones is 2. The van der Waals surface area contributed by atoms with Gasteiger partial charge >= 0.3 is 5.97 Å². The van der Waals surface area contributed by atoms with Gasteiger partial charge in [0, 0.05) is 18.1 Å². The second-order valence-electron chi connectivity index (χ2n) is 7.09. The highest BCUT2D eigenvalue weighted by atomic mass is 16.6. The van der Waals surface area contributed by atoms with E-state index < -0.39 is 35.0 Å². The highest BCUT2D eigenvalue weighted by molar-refractivity contribution is 6.15. The molecule has 1 aliphatic carbocycles. The fraction of sp³-hybridized carbons (Fsp3) is 0.261. The Morgan fingerprint density at radius 2 is 2.00 bits per heavy atom. The summed E-state index contributed by atoms with van der Waals surface area (Å²) in [6.45, 7) is 3.06. The second-order valence-corrected chi connectivity index (χ2v) is 7.09. The van der Waals surface area contributed by atoms with Gasteiger partial charge in [0.15, 0.2) is 11.4 Å². The summed E-state index contributed by atoms with van der Waals surface area (Å²) >= 11 is 0. The molecule has 156 valence electrons. The first-order chi connectivity index (χ1) is 14.3. The first kappa shape index (κ1) is 21.3. The van der Waals surface area contributed by atoms with E-state index in [1.807, 2.05) is 13.0 Å². The van der Waals surface area contributed by atoms with Gasteiger partial charge in [-0.15, -0.1) is 0 Å². The van der Waals surface area contributed by atoms with E-state index in [4.69, 9.17) is 9.47 Å². The van der Waals surface area contributed by atoms with Crippen molar-refractivity contribution in [1.82, 2.24) is 0 Å². The normalized spacial score (nSPS) is 26.6. The van der Waals surface area contributed by atoms with Crippen LogP contribution in [-0.4, -0.2) is 46.1 Å². The summed E-state index contributed by atoms with van der Waals surface area (Å²) in [5, 5.41) is 19.8. The van der Waals surface area contributed by atoms with Crippen LogP contribution in [-0.2, 0) is 23.9 Å². The average Bonchev–Trinajstić information content (AvgIpc) is 2.98. The number of fused-ring (bicyclic) bond motifs is 2. The van der Waals surface area contributed by atoms with Crippen LogP contribution < -0.4 is 0 Å². The molecule has 7 nitrogen and oxygen atoms in total. The van der Waals surface area contributed by atoms with E-state index in [1.165, 1.54) is 25.3 Å². The number of ether oxygens (including phenoxy) is 2. The molecule has 2 N–H and O–H groups in total. The molecular weight excluding hydrogens is 388 g/mol. The van der Waals surface area contributed by atoms with Crippen molar-refractivity contribution in [3.8, 4) is 0 Å². The Morgan fingerprint density at radius 1 is 1.27 bits per heavy atom. The van der Waals surface area contributed by atoms with E-state index in [2.05, 4.69) is 0 Å². The average molecular weight is 410 g/mol. The maximum Gasteiger partial charge on any atom is 0.343 e. The van der Waals surface area contributed by atoms with Gasteiger partial charge in [-0.2, -0.15) is 0 Å².